The SMILES string of the molecule is CCOc1ccc(CNCC(=O)N(C)C)cc1OC. The molecule has 0 saturated carbocycles. The average molecular weight is 266 g/mol. The molecule has 0 aromatic heterocycles. The van der Waals surface area contributed by atoms with Gasteiger partial charge in [0.05, 0.1) is 20.3 Å². The molecule has 0 aliphatic heterocycles. The molecule has 0 heterocycles. The third-order valence-electron chi connectivity index (χ3n) is 2.63. The molecule has 0 fully saturated rings. The van der Waals surface area contributed by atoms with Crippen molar-refractivity contribution >= 4 is 5.91 Å². The van der Waals surface area contributed by atoms with E-state index in [0.29, 0.717) is 25.4 Å². The summed E-state index contributed by atoms with van der Waals surface area (Å²) in [6.07, 6.45) is 0. The number of carbonyl (C=O) groups excluding carboxylic acids is 1. The van der Waals surface area contributed by atoms with Gasteiger partial charge in [-0.2, -0.15) is 0 Å². The molecule has 5 nitrogen and oxygen atoms in total. The Balaban J connectivity index is 2.57. The highest BCUT2D eigenvalue weighted by Gasteiger charge is 2.06. The summed E-state index contributed by atoms with van der Waals surface area (Å²) in [4.78, 5) is 13.0. The molecule has 0 saturated heterocycles. The van der Waals surface area contributed by atoms with Crippen molar-refractivity contribution in [1.82, 2.24) is 10.2 Å². The normalized spacial score (nSPS) is 10.1. The van der Waals surface area contributed by atoms with Crippen molar-refractivity contribution in [2.75, 3.05) is 34.4 Å². The van der Waals surface area contributed by atoms with Gasteiger partial charge in [-0.25, -0.2) is 0 Å². The Morgan fingerprint density at radius 3 is 2.63 bits per heavy atom. The maximum absolute atomic E-state index is 11.4. The summed E-state index contributed by atoms with van der Waals surface area (Å²) < 4.78 is 10.7. The minimum atomic E-state index is 0.0536. The van der Waals surface area contributed by atoms with Crippen LogP contribution in [0, 0.1) is 0 Å². The average Bonchev–Trinajstić information content (AvgIpc) is 2.40. The second kappa shape index (κ2) is 7.63. The first kappa shape index (κ1) is 15.3. The van der Waals surface area contributed by atoms with Crippen molar-refractivity contribution in [1.29, 1.82) is 0 Å². The fraction of sp³-hybridized carbons (Fsp3) is 0.500. The molecule has 0 aliphatic carbocycles. The van der Waals surface area contributed by atoms with E-state index in [0.717, 1.165) is 11.3 Å². The summed E-state index contributed by atoms with van der Waals surface area (Å²) in [5.41, 5.74) is 1.05. The number of nitrogens with zero attached hydrogens (tertiary/aromatic N) is 1. The van der Waals surface area contributed by atoms with Gasteiger partial charge in [0.25, 0.3) is 0 Å². The Hall–Kier alpha value is -1.75. The lowest BCUT2D eigenvalue weighted by Gasteiger charge is -2.13. The maximum Gasteiger partial charge on any atom is 0.236 e. The van der Waals surface area contributed by atoms with E-state index < -0.39 is 0 Å². The number of methoxy groups -OCH3 is 1. The van der Waals surface area contributed by atoms with Crippen LogP contribution in [0.3, 0.4) is 0 Å². The van der Waals surface area contributed by atoms with Gasteiger partial charge < -0.3 is 19.7 Å². The minimum Gasteiger partial charge on any atom is -0.493 e. The van der Waals surface area contributed by atoms with Gasteiger partial charge in [0.15, 0.2) is 11.5 Å². The molecule has 0 bridgehead atoms. The number of hydrogen-bond donors (Lipinski definition) is 1. The molecule has 1 rings (SSSR count). The number of nitrogens with one attached hydrogen (secondary N) is 1. The molecule has 0 aliphatic rings. The molecule has 1 N–H and O–H groups in total. The van der Waals surface area contributed by atoms with E-state index in [4.69, 9.17) is 9.47 Å². The molecule has 0 unspecified atom stereocenters. The number of amides is 1. The zero-order valence-electron chi connectivity index (χ0n) is 12.0. The molecule has 5 heteroatoms. The molecule has 106 valence electrons. The minimum absolute atomic E-state index is 0.0536. The third kappa shape index (κ3) is 4.79. The first-order chi connectivity index (χ1) is 9.08. The summed E-state index contributed by atoms with van der Waals surface area (Å²) in [5, 5.41) is 3.10. The highest BCUT2D eigenvalue weighted by Crippen LogP contribution is 2.27. The van der Waals surface area contributed by atoms with Gasteiger partial charge in [-0.3, -0.25) is 4.79 Å². The zero-order chi connectivity index (χ0) is 14.3. The standard InChI is InChI=1S/C14H22N2O3/c1-5-19-12-7-6-11(8-13(12)18-4)9-15-10-14(17)16(2)3/h6-8,15H,5,9-10H2,1-4H3. The maximum atomic E-state index is 11.4. The Kier molecular flexibility index (Phi) is 6.15. The van der Waals surface area contributed by atoms with Gasteiger partial charge in [-0.15, -0.1) is 0 Å². The van der Waals surface area contributed by atoms with Gasteiger partial charge in [-0.1, -0.05) is 6.07 Å². The van der Waals surface area contributed by atoms with Crippen molar-refractivity contribution in [2.45, 2.75) is 13.5 Å². The smallest absolute Gasteiger partial charge is 0.236 e. The molecule has 1 aromatic rings. The molecular formula is C14H22N2O3. The molecule has 0 radical (unpaired) electrons. The summed E-state index contributed by atoms with van der Waals surface area (Å²) in [6.45, 7) is 3.47. The van der Waals surface area contributed by atoms with Crippen molar-refractivity contribution in [3.8, 4) is 11.5 Å². The number of likely N-dealkylation sites (N-methyl/N-ethyl adjacent to an activating group) is 1. The Labute approximate surface area is 114 Å². The monoisotopic (exact) mass is 266 g/mol. The lowest BCUT2D eigenvalue weighted by Crippen LogP contribution is -2.32. The second-order valence-corrected chi connectivity index (χ2v) is 4.31. The first-order valence-corrected chi connectivity index (χ1v) is 6.29. The Bertz CT molecular complexity index is 419. The van der Waals surface area contributed by atoms with E-state index in [1.165, 1.54) is 0 Å². The lowest BCUT2D eigenvalue weighted by atomic mass is 10.2. The summed E-state index contributed by atoms with van der Waals surface area (Å²) >= 11 is 0. The number of ether oxygens (including phenoxy) is 2. The number of rotatable bonds is 7. The second-order valence-electron chi connectivity index (χ2n) is 4.31. The third-order valence-corrected chi connectivity index (χ3v) is 2.63. The van der Waals surface area contributed by atoms with Crippen LogP contribution >= 0.6 is 0 Å². The topological polar surface area (TPSA) is 50.8 Å². The van der Waals surface area contributed by atoms with E-state index >= 15 is 0 Å². The van der Waals surface area contributed by atoms with Crippen LogP contribution < -0.4 is 14.8 Å². The van der Waals surface area contributed by atoms with E-state index in [9.17, 15) is 4.79 Å². The molecular weight excluding hydrogens is 244 g/mol. The van der Waals surface area contributed by atoms with Crippen LogP contribution in [-0.4, -0.2) is 45.2 Å². The predicted molar refractivity (Wildman–Crippen MR) is 74.6 cm³/mol. The van der Waals surface area contributed by atoms with Crippen LogP contribution in [-0.2, 0) is 11.3 Å². The first-order valence-electron chi connectivity index (χ1n) is 6.29. The summed E-state index contributed by atoms with van der Waals surface area (Å²) in [7, 11) is 5.10. The number of benzene rings is 1. The van der Waals surface area contributed by atoms with E-state index in [1.807, 2.05) is 25.1 Å². The van der Waals surface area contributed by atoms with Gasteiger partial charge in [0.2, 0.25) is 5.91 Å². The van der Waals surface area contributed by atoms with Crippen LogP contribution in [0.1, 0.15) is 12.5 Å². The fourth-order valence-electron chi connectivity index (χ4n) is 1.57. The molecule has 1 amide bonds. The fourth-order valence-corrected chi connectivity index (χ4v) is 1.57. The highest BCUT2D eigenvalue weighted by molar-refractivity contribution is 5.77. The van der Waals surface area contributed by atoms with Crippen LogP contribution in [0.4, 0.5) is 0 Å². The molecule has 0 spiro atoms. The van der Waals surface area contributed by atoms with Crippen molar-refractivity contribution in [3.63, 3.8) is 0 Å². The van der Waals surface area contributed by atoms with E-state index in [1.54, 1.807) is 26.1 Å². The summed E-state index contributed by atoms with van der Waals surface area (Å²) in [5.74, 6) is 1.50. The molecule has 1 aromatic carbocycles. The molecule has 19 heavy (non-hydrogen) atoms. The quantitative estimate of drug-likeness (QED) is 0.807. The van der Waals surface area contributed by atoms with E-state index in [2.05, 4.69) is 5.32 Å². The van der Waals surface area contributed by atoms with Crippen LogP contribution in [0.25, 0.3) is 0 Å². The predicted octanol–water partition coefficient (Wildman–Crippen LogP) is 1.27. The highest BCUT2D eigenvalue weighted by atomic mass is 16.5. The van der Waals surface area contributed by atoms with Gasteiger partial charge in [0, 0.05) is 20.6 Å². The largest absolute Gasteiger partial charge is 0.493 e. The van der Waals surface area contributed by atoms with Gasteiger partial charge in [0.1, 0.15) is 0 Å². The van der Waals surface area contributed by atoms with Gasteiger partial charge in [-0.05, 0) is 24.6 Å². The summed E-state index contributed by atoms with van der Waals surface area (Å²) in [6, 6.07) is 5.76. The number of hydrogen-bond acceptors (Lipinski definition) is 4. The van der Waals surface area contributed by atoms with Crippen molar-refractivity contribution in [2.24, 2.45) is 0 Å². The van der Waals surface area contributed by atoms with Crippen molar-refractivity contribution < 1.29 is 14.3 Å². The number of carbonyl (C=O) groups is 1. The lowest BCUT2D eigenvalue weighted by molar-refractivity contribution is -0.127. The van der Waals surface area contributed by atoms with Crippen LogP contribution in [0.2, 0.25) is 0 Å². The Morgan fingerprint density at radius 1 is 1.32 bits per heavy atom. The molecule has 0 atom stereocenters. The van der Waals surface area contributed by atoms with E-state index in [-0.39, 0.29) is 5.91 Å². The van der Waals surface area contributed by atoms with Gasteiger partial charge >= 0.3 is 0 Å². The van der Waals surface area contributed by atoms with Crippen LogP contribution in [0.15, 0.2) is 18.2 Å². The zero-order valence-corrected chi connectivity index (χ0v) is 12.0. The van der Waals surface area contributed by atoms with Crippen LogP contribution in [0.5, 0.6) is 11.5 Å². The Morgan fingerprint density at radius 2 is 2.05 bits per heavy atom. The van der Waals surface area contributed by atoms with Crippen molar-refractivity contribution in [3.05, 3.63) is 23.8 Å².